The summed E-state index contributed by atoms with van der Waals surface area (Å²) in [6, 6.07) is 4.88. The maximum atomic E-state index is 13.1. The molecule has 174 valence electrons. The zero-order valence-electron chi connectivity index (χ0n) is 17.8. The van der Waals surface area contributed by atoms with Crippen LogP contribution < -0.4 is 10.6 Å². The number of nitrogens with zero attached hydrogens (tertiary/aromatic N) is 5. The lowest BCUT2D eigenvalue weighted by molar-refractivity contribution is -0.384. The first-order chi connectivity index (χ1) is 15.8. The van der Waals surface area contributed by atoms with E-state index in [1.165, 1.54) is 21.7 Å². The number of aryl methyl sites for hydroxylation is 1. The van der Waals surface area contributed by atoms with Crippen LogP contribution in [0.25, 0.3) is 11.4 Å². The molecule has 2 N–H and O–H groups in total. The monoisotopic (exact) mass is 491 g/mol. The van der Waals surface area contributed by atoms with Crippen molar-refractivity contribution >= 4 is 43.8 Å². The number of hydrogen-bond donors (Lipinski definition) is 2. The minimum absolute atomic E-state index is 0.0588. The van der Waals surface area contributed by atoms with Crippen LogP contribution in [0.4, 0.5) is 22.5 Å². The van der Waals surface area contributed by atoms with Gasteiger partial charge >= 0.3 is 5.69 Å². The summed E-state index contributed by atoms with van der Waals surface area (Å²) < 4.78 is 32.9. The number of benzene rings is 1. The Morgan fingerprint density at radius 1 is 1.24 bits per heavy atom. The molecule has 3 aromatic rings. The molecule has 1 aromatic carbocycles. The van der Waals surface area contributed by atoms with Crippen LogP contribution in [0, 0.1) is 17.0 Å². The van der Waals surface area contributed by atoms with Crippen LogP contribution in [-0.2, 0) is 14.8 Å². The second-order valence-corrected chi connectivity index (χ2v) is 9.86. The van der Waals surface area contributed by atoms with Crippen molar-refractivity contribution in [1.82, 2.24) is 19.3 Å². The Kier molecular flexibility index (Phi) is 6.51. The first-order valence-corrected chi connectivity index (χ1v) is 12.2. The highest BCUT2D eigenvalue weighted by atomic mass is 32.2. The number of thiazole rings is 1. The number of ether oxygens (including phenoxy) is 1. The van der Waals surface area contributed by atoms with Crippen molar-refractivity contribution in [2.45, 2.75) is 11.8 Å². The topological polar surface area (TPSA) is 152 Å². The van der Waals surface area contributed by atoms with Gasteiger partial charge in [0.05, 0.1) is 23.0 Å². The third-order valence-corrected chi connectivity index (χ3v) is 7.86. The van der Waals surface area contributed by atoms with E-state index in [1.54, 1.807) is 31.5 Å². The molecule has 0 aliphatic carbocycles. The Morgan fingerprint density at radius 2 is 2.00 bits per heavy atom. The van der Waals surface area contributed by atoms with Crippen molar-refractivity contribution in [2.24, 2.45) is 0 Å². The van der Waals surface area contributed by atoms with Crippen LogP contribution in [-0.4, -0.2) is 65.9 Å². The van der Waals surface area contributed by atoms with E-state index in [9.17, 15) is 18.5 Å². The summed E-state index contributed by atoms with van der Waals surface area (Å²) in [5, 5.41) is 19.5. The van der Waals surface area contributed by atoms with E-state index in [1.807, 2.05) is 0 Å². The van der Waals surface area contributed by atoms with E-state index in [-0.39, 0.29) is 35.3 Å². The van der Waals surface area contributed by atoms with E-state index < -0.39 is 14.9 Å². The summed E-state index contributed by atoms with van der Waals surface area (Å²) in [6.07, 6.45) is 1.10. The molecule has 2 aromatic heterocycles. The van der Waals surface area contributed by atoms with Crippen LogP contribution in [0.2, 0.25) is 0 Å². The molecule has 0 bridgehead atoms. The Bertz CT molecular complexity index is 1290. The number of sulfonamides is 1. The average Bonchev–Trinajstić information content (AvgIpc) is 3.30. The zero-order valence-corrected chi connectivity index (χ0v) is 19.4. The van der Waals surface area contributed by atoms with E-state index in [4.69, 9.17) is 4.74 Å². The second-order valence-electron chi connectivity index (χ2n) is 7.09. The lowest BCUT2D eigenvalue weighted by atomic mass is 10.2. The summed E-state index contributed by atoms with van der Waals surface area (Å²) in [7, 11) is -2.01. The quantitative estimate of drug-likeness (QED) is 0.372. The minimum Gasteiger partial charge on any atom is -0.379 e. The Morgan fingerprint density at radius 3 is 2.67 bits per heavy atom. The smallest absolute Gasteiger partial charge is 0.315 e. The molecule has 0 unspecified atom stereocenters. The zero-order chi connectivity index (χ0) is 23.6. The predicted octanol–water partition coefficient (Wildman–Crippen LogP) is 2.62. The standard InChI is InChI=1S/C19H21N7O5S2/c1-12-3-4-13(9-16(12)33(29,30)25-5-7-31-8-6-25)22-18-21-10-15(26(27)28)17(24-18)14-11-32-19(20-2)23-14/h3-4,9-11H,5-8H2,1-2H3,(H,20,23)(H,21,22,24). The van der Waals surface area contributed by atoms with Gasteiger partial charge in [-0.15, -0.1) is 11.3 Å². The van der Waals surface area contributed by atoms with E-state index in [0.717, 1.165) is 6.20 Å². The summed E-state index contributed by atoms with van der Waals surface area (Å²) >= 11 is 1.29. The highest BCUT2D eigenvalue weighted by Crippen LogP contribution is 2.32. The van der Waals surface area contributed by atoms with Crippen molar-refractivity contribution in [3.05, 3.63) is 45.5 Å². The molecule has 3 heterocycles. The predicted molar refractivity (Wildman–Crippen MR) is 123 cm³/mol. The fourth-order valence-electron chi connectivity index (χ4n) is 3.27. The van der Waals surface area contributed by atoms with Gasteiger partial charge in [-0.2, -0.15) is 4.31 Å². The molecule has 1 fully saturated rings. The highest BCUT2D eigenvalue weighted by molar-refractivity contribution is 7.89. The molecular formula is C19H21N7O5S2. The summed E-state index contributed by atoms with van der Waals surface area (Å²) in [5.74, 6) is 0.0770. The fraction of sp³-hybridized carbons (Fsp3) is 0.316. The van der Waals surface area contributed by atoms with Gasteiger partial charge in [0.15, 0.2) is 10.8 Å². The van der Waals surface area contributed by atoms with Crippen LogP contribution in [0.15, 0.2) is 34.7 Å². The van der Waals surface area contributed by atoms with Crippen molar-refractivity contribution in [1.29, 1.82) is 0 Å². The molecule has 1 saturated heterocycles. The lowest BCUT2D eigenvalue weighted by Crippen LogP contribution is -2.40. The molecule has 4 rings (SSSR count). The first-order valence-electron chi connectivity index (χ1n) is 9.90. The molecule has 0 saturated carbocycles. The van der Waals surface area contributed by atoms with Gasteiger partial charge in [-0.05, 0) is 24.6 Å². The van der Waals surface area contributed by atoms with Crippen molar-refractivity contribution in [3.8, 4) is 11.4 Å². The minimum atomic E-state index is -3.71. The van der Waals surface area contributed by atoms with Gasteiger partial charge in [0.25, 0.3) is 0 Å². The van der Waals surface area contributed by atoms with Crippen LogP contribution in [0.3, 0.4) is 0 Å². The largest absolute Gasteiger partial charge is 0.379 e. The fourth-order valence-corrected chi connectivity index (χ4v) is 5.58. The van der Waals surface area contributed by atoms with Crippen molar-refractivity contribution in [2.75, 3.05) is 44.0 Å². The Labute approximate surface area is 193 Å². The average molecular weight is 492 g/mol. The maximum absolute atomic E-state index is 13.1. The third-order valence-electron chi connectivity index (χ3n) is 4.96. The number of hydrogen-bond acceptors (Lipinski definition) is 11. The van der Waals surface area contributed by atoms with Gasteiger partial charge in [0.1, 0.15) is 11.9 Å². The van der Waals surface area contributed by atoms with Gasteiger partial charge in [0, 0.05) is 31.2 Å². The maximum Gasteiger partial charge on any atom is 0.315 e. The van der Waals surface area contributed by atoms with Crippen LogP contribution in [0.1, 0.15) is 5.56 Å². The van der Waals surface area contributed by atoms with E-state index in [0.29, 0.717) is 35.3 Å². The number of morpholine rings is 1. The number of nitrogens with one attached hydrogen (secondary N) is 2. The number of nitro groups is 1. The molecule has 0 atom stereocenters. The molecule has 0 radical (unpaired) electrons. The lowest BCUT2D eigenvalue weighted by Gasteiger charge is -2.26. The van der Waals surface area contributed by atoms with Crippen molar-refractivity contribution < 1.29 is 18.1 Å². The Balaban J connectivity index is 1.67. The molecule has 0 spiro atoms. The summed E-state index contributed by atoms with van der Waals surface area (Å²) in [5.41, 5.74) is 1.14. The highest BCUT2D eigenvalue weighted by Gasteiger charge is 2.28. The Hall–Kier alpha value is -3.20. The first kappa shape index (κ1) is 23.0. The molecule has 0 amide bonds. The molecule has 1 aliphatic heterocycles. The molecule has 14 heteroatoms. The SMILES string of the molecule is CNc1nc(-c2nc(Nc3ccc(C)c(S(=O)(=O)N4CCOCC4)c3)ncc2[N+](=O)[O-])cs1. The van der Waals surface area contributed by atoms with Gasteiger partial charge in [-0.25, -0.2) is 23.4 Å². The van der Waals surface area contributed by atoms with Gasteiger partial charge in [-0.1, -0.05) is 6.07 Å². The van der Waals surface area contributed by atoms with Gasteiger partial charge in [-0.3, -0.25) is 10.1 Å². The van der Waals surface area contributed by atoms with Gasteiger partial charge in [0.2, 0.25) is 16.0 Å². The van der Waals surface area contributed by atoms with Crippen molar-refractivity contribution in [3.63, 3.8) is 0 Å². The molecular weight excluding hydrogens is 470 g/mol. The van der Waals surface area contributed by atoms with Crippen LogP contribution in [0.5, 0.6) is 0 Å². The molecule has 33 heavy (non-hydrogen) atoms. The number of anilines is 3. The second kappa shape index (κ2) is 9.35. The van der Waals surface area contributed by atoms with Gasteiger partial charge < -0.3 is 15.4 Å². The number of rotatable bonds is 7. The number of aromatic nitrogens is 3. The van der Waals surface area contributed by atoms with E-state index in [2.05, 4.69) is 25.6 Å². The van der Waals surface area contributed by atoms with E-state index >= 15 is 0 Å². The third kappa shape index (κ3) is 4.78. The van der Waals surface area contributed by atoms with Crippen LogP contribution >= 0.6 is 11.3 Å². The summed E-state index contributed by atoms with van der Waals surface area (Å²) in [6.45, 7) is 3.00. The molecule has 12 nitrogen and oxygen atoms in total. The summed E-state index contributed by atoms with van der Waals surface area (Å²) in [4.78, 5) is 23.7. The normalized spacial score (nSPS) is 14.7. The molecule has 1 aliphatic rings.